The highest BCUT2D eigenvalue weighted by atomic mass is 35.5. The van der Waals surface area contributed by atoms with Gasteiger partial charge in [-0.15, -0.1) is 0 Å². The van der Waals surface area contributed by atoms with Gasteiger partial charge in [-0.25, -0.2) is 0 Å². The van der Waals surface area contributed by atoms with Crippen molar-refractivity contribution in [2.45, 2.75) is 27.4 Å². The maximum atomic E-state index is 12.4. The summed E-state index contributed by atoms with van der Waals surface area (Å²) in [5.41, 5.74) is 2.79. The van der Waals surface area contributed by atoms with Crippen molar-refractivity contribution in [1.82, 2.24) is 0 Å². The number of nitrogens with one attached hydrogen (secondary N) is 1. The third kappa shape index (κ3) is 5.33. The summed E-state index contributed by atoms with van der Waals surface area (Å²) in [5, 5.41) is 3.55. The summed E-state index contributed by atoms with van der Waals surface area (Å²) in [6, 6.07) is 16.6. The highest BCUT2D eigenvalue weighted by Gasteiger charge is 2.12. The zero-order valence-corrected chi connectivity index (χ0v) is 17.6. The van der Waals surface area contributed by atoms with Crippen LogP contribution in [0, 0.1) is 6.92 Å². The molecule has 3 rings (SSSR count). The number of ether oxygens (including phenoxy) is 1. The number of anilines is 2. The van der Waals surface area contributed by atoms with Crippen LogP contribution in [-0.4, -0.2) is 19.0 Å². The molecule has 0 fully saturated rings. The van der Waals surface area contributed by atoms with Gasteiger partial charge in [0.25, 0.3) is 5.91 Å². The summed E-state index contributed by atoms with van der Waals surface area (Å²) in [7, 11) is 0. The Hall–Kier alpha value is -2.92. The van der Waals surface area contributed by atoms with E-state index in [1.165, 1.54) is 0 Å². The molecule has 1 aromatic heterocycles. The Morgan fingerprint density at radius 1 is 1.07 bits per heavy atom. The molecule has 0 unspecified atom stereocenters. The smallest absolute Gasteiger partial charge is 0.291 e. The zero-order valence-electron chi connectivity index (χ0n) is 16.9. The lowest BCUT2D eigenvalue weighted by Gasteiger charge is -2.21. The minimum Gasteiger partial charge on any atom is -0.486 e. The fourth-order valence-corrected chi connectivity index (χ4v) is 3.09. The standard InChI is InChI=1S/C23H25ClN2O3/c1-4-26(5-2)18-8-6-17(7-9-18)25-23(27)22-13-11-20(29-22)15-28-19-10-12-21(24)16(3)14-19/h6-14H,4-5,15H2,1-3H3,(H,25,27). The van der Waals surface area contributed by atoms with Gasteiger partial charge in [0.2, 0.25) is 0 Å². The van der Waals surface area contributed by atoms with Crippen LogP contribution in [0.2, 0.25) is 5.02 Å². The Balaban J connectivity index is 1.58. The van der Waals surface area contributed by atoms with Crippen molar-refractivity contribution in [3.05, 3.63) is 76.7 Å². The minimum absolute atomic E-state index is 0.229. The summed E-state index contributed by atoms with van der Waals surface area (Å²) in [6.07, 6.45) is 0. The molecule has 1 N–H and O–H groups in total. The second-order valence-corrected chi connectivity index (χ2v) is 7.05. The summed E-state index contributed by atoms with van der Waals surface area (Å²) in [4.78, 5) is 14.7. The Bertz CT molecular complexity index is 963. The van der Waals surface area contributed by atoms with Crippen LogP contribution in [0.25, 0.3) is 0 Å². The first-order valence-electron chi connectivity index (χ1n) is 9.64. The topological polar surface area (TPSA) is 54.7 Å². The van der Waals surface area contributed by atoms with Crippen molar-refractivity contribution in [3.8, 4) is 5.75 Å². The summed E-state index contributed by atoms with van der Waals surface area (Å²) < 4.78 is 11.3. The molecular formula is C23H25ClN2O3. The molecule has 0 spiro atoms. The number of hydrogen-bond acceptors (Lipinski definition) is 4. The van der Waals surface area contributed by atoms with E-state index in [0.29, 0.717) is 16.5 Å². The highest BCUT2D eigenvalue weighted by Crippen LogP contribution is 2.23. The third-order valence-corrected chi connectivity index (χ3v) is 5.07. The van der Waals surface area contributed by atoms with Gasteiger partial charge < -0.3 is 19.4 Å². The number of carbonyl (C=O) groups is 1. The van der Waals surface area contributed by atoms with Gasteiger partial charge in [0.15, 0.2) is 5.76 Å². The van der Waals surface area contributed by atoms with Crippen LogP contribution in [-0.2, 0) is 6.61 Å². The van der Waals surface area contributed by atoms with Crippen LogP contribution >= 0.6 is 11.6 Å². The van der Waals surface area contributed by atoms with Gasteiger partial charge in [0.05, 0.1) is 0 Å². The van der Waals surface area contributed by atoms with Crippen LogP contribution in [0.1, 0.15) is 35.7 Å². The van der Waals surface area contributed by atoms with Gasteiger partial charge in [-0.05, 0) is 80.9 Å². The number of rotatable bonds is 8. The van der Waals surface area contributed by atoms with Gasteiger partial charge in [0.1, 0.15) is 18.1 Å². The van der Waals surface area contributed by atoms with Crippen LogP contribution in [0.5, 0.6) is 5.75 Å². The summed E-state index contributed by atoms with van der Waals surface area (Å²) in [5.74, 6) is 1.21. The average Bonchev–Trinajstić information content (AvgIpc) is 3.20. The van der Waals surface area contributed by atoms with Crippen LogP contribution < -0.4 is 15.0 Å². The van der Waals surface area contributed by atoms with E-state index in [1.807, 2.05) is 37.3 Å². The molecule has 0 aliphatic rings. The average molecular weight is 413 g/mol. The highest BCUT2D eigenvalue weighted by molar-refractivity contribution is 6.31. The first-order chi connectivity index (χ1) is 14.0. The summed E-state index contributed by atoms with van der Waals surface area (Å²) >= 11 is 6.02. The van der Waals surface area contributed by atoms with Crippen molar-refractivity contribution in [2.75, 3.05) is 23.3 Å². The molecule has 3 aromatic rings. The normalized spacial score (nSPS) is 10.6. The fraction of sp³-hybridized carbons (Fsp3) is 0.261. The molecule has 0 saturated heterocycles. The number of halogens is 1. The van der Waals surface area contributed by atoms with E-state index >= 15 is 0 Å². The van der Waals surface area contributed by atoms with Crippen molar-refractivity contribution < 1.29 is 13.9 Å². The molecule has 5 nitrogen and oxygen atoms in total. The molecule has 152 valence electrons. The molecule has 1 heterocycles. The Labute approximate surface area is 176 Å². The minimum atomic E-state index is -0.297. The van der Waals surface area contributed by atoms with Gasteiger partial charge in [-0.1, -0.05) is 11.6 Å². The van der Waals surface area contributed by atoms with Gasteiger partial charge in [-0.3, -0.25) is 4.79 Å². The molecule has 2 aromatic carbocycles. The van der Waals surface area contributed by atoms with E-state index < -0.39 is 0 Å². The van der Waals surface area contributed by atoms with Crippen LogP contribution in [0.3, 0.4) is 0 Å². The Morgan fingerprint density at radius 3 is 2.45 bits per heavy atom. The van der Waals surface area contributed by atoms with Gasteiger partial charge >= 0.3 is 0 Å². The fourth-order valence-electron chi connectivity index (χ4n) is 2.98. The number of furan rings is 1. The lowest BCUT2D eigenvalue weighted by molar-refractivity contribution is 0.0992. The molecule has 0 atom stereocenters. The lowest BCUT2D eigenvalue weighted by atomic mass is 10.2. The maximum Gasteiger partial charge on any atom is 0.291 e. The molecule has 29 heavy (non-hydrogen) atoms. The molecule has 0 radical (unpaired) electrons. The molecule has 0 aliphatic heterocycles. The van der Waals surface area contributed by atoms with E-state index in [4.69, 9.17) is 20.8 Å². The largest absolute Gasteiger partial charge is 0.486 e. The number of nitrogens with zero attached hydrogens (tertiary/aromatic N) is 1. The molecule has 1 amide bonds. The van der Waals surface area contributed by atoms with Crippen LogP contribution in [0.4, 0.5) is 11.4 Å². The van der Waals surface area contributed by atoms with Gasteiger partial charge in [0, 0.05) is 29.5 Å². The lowest BCUT2D eigenvalue weighted by Crippen LogP contribution is -2.21. The van der Waals surface area contributed by atoms with E-state index in [0.717, 1.165) is 30.0 Å². The molecule has 0 bridgehead atoms. The SMILES string of the molecule is CCN(CC)c1ccc(NC(=O)c2ccc(COc3ccc(Cl)c(C)c3)o2)cc1. The Kier molecular flexibility index (Phi) is 6.83. The molecular weight excluding hydrogens is 388 g/mol. The van der Waals surface area contributed by atoms with Crippen molar-refractivity contribution in [2.24, 2.45) is 0 Å². The molecule has 0 saturated carbocycles. The first kappa shape index (κ1) is 20.8. The number of benzene rings is 2. The predicted octanol–water partition coefficient (Wildman–Crippen LogP) is 5.92. The van der Waals surface area contributed by atoms with Crippen molar-refractivity contribution >= 4 is 28.9 Å². The predicted molar refractivity (Wildman–Crippen MR) is 117 cm³/mol. The molecule has 6 heteroatoms. The second kappa shape index (κ2) is 9.52. The van der Waals surface area contributed by atoms with E-state index in [1.54, 1.807) is 24.3 Å². The zero-order chi connectivity index (χ0) is 20.8. The third-order valence-electron chi connectivity index (χ3n) is 4.65. The Morgan fingerprint density at radius 2 is 1.79 bits per heavy atom. The quantitative estimate of drug-likeness (QED) is 0.499. The second-order valence-electron chi connectivity index (χ2n) is 6.64. The molecule has 0 aliphatic carbocycles. The van der Waals surface area contributed by atoms with Gasteiger partial charge in [-0.2, -0.15) is 0 Å². The number of aryl methyl sites for hydroxylation is 1. The number of amides is 1. The first-order valence-corrected chi connectivity index (χ1v) is 10.0. The maximum absolute atomic E-state index is 12.4. The van der Waals surface area contributed by atoms with E-state index in [9.17, 15) is 4.79 Å². The summed E-state index contributed by atoms with van der Waals surface area (Å²) in [6.45, 7) is 8.26. The van der Waals surface area contributed by atoms with E-state index in [2.05, 4.69) is 24.1 Å². The number of hydrogen-bond donors (Lipinski definition) is 1. The van der Waals surface area contributed by atoms with Crippen molar-refractivity contribution in [3.63, 3.8) is 0 Å². The number of carbonyl (C=O) groups excluding carboxylic acids is 1. The van der Waals surface area contributed by atoms with Crippen LogP contribution in [0.15, 0.2) is 59.0 Å². The monoisotopic (exact) mass is 412 g/mol. The van der Waals surface area contributed by atoms with E-state index in [-0.39, 0.29) is 18.3 Å². The van der Waals surface area contributed by atoms with Crippen molar-refractivity contribution in [1.29, 1.82) is 0 Å².